The first-order chi connectivity index (χ1) is 12.1. The van der Waals surface area contributed by atoms with Crippen molar-refractivity contribution in [1.29, 1.82) is 0 Å². The van der Waals surface area contributed by atoms with Crippen LogP contribution in [0.3, 0.4) is 0 Å². The quantitative estimate of drug-likeness (QED) is 0.930. The summed E-state index contributed by atoms with van der Waals surface area (Å²) in [6.45, 7) is 0.615. The van der Waals surface area contributed by atoms with Crippen LogP contribution in [0.2, 0.25) is 0 Å². The van der Waals surface area contributed by atoms with E-state index in [1.807, 2.05) is 30.3 Å². The van der Waals surface area contributed by atoms with E-state index in [9.17, 15) is 14.0 Å². The summed E-state index contributed by atoms with van der Waals surface area (Å²) in [5.41, 5.74) is 1.77. The lowest BCUT2D eigenvalue weighted by molar-refractivity contribution is -0.117. The molecular weight excluding hydrogens is 319 g/mol. The number of halogens is 1. The average Bonchev–Trinajstić information content (AvgIpc) is 3.26. The van der Waals surface area contributed by atoms with Crippen LogP contribution in [0.15, 0.2) is 48.5 Å². The van der Waals surface area contributed by atoms with E-state index >= 15 is 0 Å². The zero-order valence-corrected chi connectivity index (χ0v) is 13.7. The molecule has 128 valence electrons. The van der Waals surface area contributed by atoms with Crippen LogP contribution >= 0.6 is 0 Å². The Hall–Kier alpha value is -2.69. The zero-order valence-electron chi connectivity index (χ0n) is 13.7. The number of nitrogens with one attached hydrogen (secondary N) is 1. The molecule has 25 heavy (non-hydrogen) atoms. The van der Waals surface area contributed by atoms with Gasteiger partial charge in [-0.1, -0.05) is 30.3 Å². The Morgan fingerprint density at radius 2 is 1.96 bits per heavy atom. The van der Waals surface area contributed by atoms with Crippen LogP contribution in [0.5, 0.6) is 0 Å². The van der Waals surface area contributed by atoms with Crippen molar-refractivity contribution in [2.24, 2.45) is 0 Å². The summed E-state index contributed by atoms with van der Waals surface area (Å²) in [6, 6.07) is 14.3. The molecule has 0 unspecified atom stereocenters. The number of hydrogen-bond donors (Lipinski definition) is 1. The second-order valence-corrected chi connectivity index (χ2v) is 6.65. The Morgan fingerprint density at radius 1 is 1.16 bits per heavy atom. The summed E-state index contributed by atoms with van der Waals surface area (Å²) < 4.78 is 14.1. The van der Waals surface area contributed by atoms with Gasteiger partial charge in [-0.15, -0.1) is 0 Å². The number of nitrogens with zero attached hydrogens (tertiary/aromatic N) is 1. The molecule has 1 N–H and O–H groups in total. The first kappa shape index (κ1) is 15.8. The van der Waals surface area contributed by atoms with E-state index in [1.165, 1.54) is 17.7 Å². The molecule has 1 heterocycles. The van der Waals surface area contributed by atoms with E-state index < -0.39 is 11.7 Å². The molecule has 2 aliphatic rings. The van der Waals surface area contributed by atoms with Crippen LogP contribution in [0.25, 0.3) is 0 Å². The highest BCUT2D eigenvalue weighted by molar-refractivity contribution is 5.99. The Bertz CT molecular complexity index is 822. The molecule has 0 bridgehead atoms. The van der Waals surface area contributed by atoms with E-state index in [2.05, 4.69) is 5.32 Å². The third-order valence-electron chi connectivity index (χ3n) is 4.91. The fraction of sp³-hybridized carbons (Fsp3) is 0.300. The van der Waals surface area contributed by atoms with Crippen molar-refractivity contribution in [1.82, 2.24) is 5.32 Å². The summed E-state index contributed by atoms with van der Waals surface area (Å²) >= 11 is 0. The minimum Gasteiger partial charge on any atom is -0.349 e. The van der Waals surface area contributed by atoms with Gasteiger partial charge in [-0.25, -0.2) is 4.39 Å². The third-order valence-corrected chi connectivity index (χ3v) is 4.91. The molecule has 1 saturated carbocycles. The SMILES string of the molecule is O=C(N[C@@H]1C[C@H]1c1ccccc1)c1cc(N2CCCC2=O)ccc1F. The summed E-state index contributed by atoms with van der Waals surface area (Å²) in [5.74, 6) is -0.680. The van der Waals surface area contributed by atoms with E-state index in [4.69, 9.17) is 0 Å². The summed E-state index contributed by atoms with van der Waals surface area (Å²) in [5, 5.41) is 2.91. The molecule has 0 spiro atoms. The molecule has 2 aromatic rings. The van der Waals surface area contributed by atoms with Crippen molar-refractivity contribution in [3.05, 3.63) is 65.5 Å². The molecule has 1 aliphatic heterocycles. The topological polar surface area (TPSA) is 49.4 Å². The Morgan fingerprint density at radius 3 is 2.68 bits per heavy atom. The van der Waals surface area contributed by atoms with Gasteiger partial charge in [0.2, 0.25) is 5.91 Å². The molecule has 2 fully saturated rings. The van der Waals surface area contributed by atoms with Crippen LogP contribution in [0.1, 0.15) is 41.1 Å². The zero-order chi connectivity index (χ0) is 17.4. The first-order valence-electron chi connectivity index (χ1n) is 8.59. The lowest BCUT2D eigenvalue weighted by Crippen LogP contribution is -2.28. The number of hydrogen-bond acceptors (Lipinski definition) is 2. The molecule has 5 heteroatoms. The number of anilines is 1. The van der Waals surface area contributed by atoms with Gasteiger partial charge in [0.1, 0.15) is 5.82 Å². The highest BCUT2D eigenvalue weighted by Gasteiger charge is 2.39. The second-order valence-electron chi connectivity index (χ2n) is 6.65. The maximum Gasteiger partial charge on any atom is 0.254 e. The molecule has 2 aromatic carbocycles. The van der Waals surface area contributed by atoms with E-state index in [1.54, 1.807) is 11.0 Å². The normalized spacial score (nSPS) is 22.1. The standard InChI is InChI=1S/C20H19FN2O2/c21-17-9-8-14(23-10-4-7-19(23)24)11-16(17)20(25)22-18-12-15(18)13-5-2-1-3-6-13/h1-3,5-6,8-9,11,15,18H,4,7,10,12H2,(H,22,25)/t15-,18+/m0/s1. The largest absolute Gasteiger partial charge is 0.349 e. The Balaban J connectivity index is 1.48. The summed E-state index contributed by atoms with van der Waals surface area (Å²) in [4.78, 5) is 26.0. The lowest BCUT2D eigenvalue weighted by atomic mass is 10.1. The van der Waals surface area contributed by atoms with Gasteiger partial charge in [-0.2, -0.15) is 0 Å². The maximum atomic E-state index is 14.1. The predicted octanol–water partition coefficient (Wildman–Crippen LogP) is 3.24. The number of benzene rings is 2. The lowest BCUT2D eigenvalue weighted by Gasteiger charge is -2.17. The van der Waals surface area contributed by atoms with Crippen LogP contribution in [-0.4, -0.2) is 24.4 Å². The van der Waals surface area contributed by atoms with Gasteiger partial charge < -0.3 is 10.2 Å². The molecule has 0 aromatic heterocycles. The second kappa shape index (κ2) is 6.31. The minimum atomic E-state index is -0.565. The van der Waals surface area contributed by atoms with Gasteiger partial charge in [0, 0.05) is 30.6 Å². The van der Waals surface area contributed by atoms with Gasteiger partial charge in [-0.3, -0.25) is 9.59 Å². The van der Waals surface area contributed by atoms with Gasteiger partial charge in [0.05, 0.1) is 5.56 Å². The van der Waals surface area contributed by atoms with Gasteiger partial charge in [0.15, 0.2) is 0 Å². The average molecular weight is 338 g/mol. The van der Waals surface area contributed by atoms with Gasteiger partial charge in [0.25, 0.3) is 5.91 Å². The first-order valence-corrected chi connectivity index (χ1v) is 8.59. The molecular formula is C20H19FN2O2. The van der Waals surface area contributed by atoms with Gasteiger partial charge in [-0.05, 0) is 36.6 Å². The van der Waals surface area contributed by atoms with Crippen molar-refractivity contribution in [3.8, 4) is 0 Å². The molecule has 0 radical (unpaired) electrons. The fourth-order valence-corrected chi connectivity index (χ4v) is 3.45. The molecule has 1 saturated heterocycles. The number of carbonyl (C=O) groups is 2. The number of amides is 2. The molecule has 4 nitrogen and oxygen atoms in total. The van der Waals surface area contributed by atoms with Crippen molar-refractivity contribution in [2.75, 3.05) is 11.4 Å². The molecule has 1 aliphatic carbocycles. The summed E-state index contributed by atoms with van der Waals surface area (Å²) in [7, 11) is 0. The fourth-order valence-electron chi connectivity index (χ4n) is 3.45. The van der Waals surface area contributed by atoms with Crippen molar-refractivity contribution in [2.45, 2.75) is 31.2 Å². The van der Waals surface area contributed by atoms with Crippen molar-refractivity contribution < 1.29 is 14.0 Å². The van der Waals surface area contributed by atoms with Crippen LogP contribution < -0.4 is 10.2 Å². The van der Waals surface area contributed by atoms with Crippen LogP contribution in [-0.2, 0) is 4.79 Å². The minimum absolute atomic E-state index is 0.00379. The number of carbonyl (C=O) groups excluding carboxylic acids is 2. The molecule has 2 amide bonds. The van der Waals surface area contributed by atoms with Gasteiger partial charge >= 0.3 is 0 Å². The summed E-state index contributed by atoms with van der Waals surface area (Å²) in [6.07, 6.45) is 2.15. The van der Waals surface area contributed by atoms with E-state index in [-0.39, 0.29) is 23.4 Å². The van der Waals surface area contributed by atoms with E-state index in [0.29, 0.717) is 18.7 Å². The smallest absolute Gasteiger partial charge is 0.254 e. The highest BCUT2D eigenvalue weighted by atomic mass is 19.1. The monoisotopic (exact) mass is 338 g/mol. The Labute approximate surface area is 145 Å². The van der Waals surface area contributed by atoms with Crippen molar-refractivity contribution in [3.63, 3.8) is 0 Å². The van der Waals surface area contributed by atoms with Crippen LogP contribution in [0, 0.1) is 5.82 Å². The van der Waals surface area contributed by atoms with E-state index in [0.717, 1.165) is 12.8 Å². The van der Waals surface area contributed by atoms with Crippen molar-refractivity contribution >= 4 is 17.5 Å². The van der Waals surface area contributed by atoms with Crippen LogP contribution in [0.4, 0.5) is 10.1 Å². The maximum absolute atomic E-state index is 14.1. The predicted molar refractivity (Wildman–Crippen MR) is 93.0 cm³/mol. The third kappa shape index (κ3) is 3.14. The molecule has 2 atom stereocenters. The molecule has 4 rings (SSSR count). The Kier molecular flexibility index (Phi) is 3.99. The number of rotatable bonds is 4. The highest BCUT2D eigenvalue weighted by Crippen LogP contribution is 2.40.